The normalized spacial score (nSPS) is 11.5. The van der Waals surface area contributed by atoms with E-state index in [0.717, 1.165) is 5.56 Å². The predicted molar refractivity (Wildman–Crippen MR) is 118 cm³/mol. The molecule has 0 aliphatic carbocycles. The molecule has 0 fully saturated rings. The summed E-state index contributed by atoms with van der Waals surface area (Å²) in [4.78, 5) is 26.8. The van der Waals surface area contributed by atoms with Gasteiger partial charge in [-0.15, -0.1) is 0 Å². The molecule has 0 radical (unpaired) electrons. The van der Waals surface area contributed by atoms with Crippen LogP contribution in [-0.2, 0) is 22.6 Å². The Balaban J connectivity index is 2.21. The molecule has 0 heterocycles. The number of carbonyl (C=O) groups is 2. The highest BCUT2D eigenvalue weighted by atomic mass is 35.5. The number of amides is 2. The van der Waals surface area contributed by atoms with Crippen LogP contribution in [0.15, 0.2) is 36.4 Å². The molecule has 0 saturated carbocycles. The maximum atomic E-state index is 13.1. The Morgan fingerprint density at radius 2 is 1.70 bits per heavy atom. The van der Waals surface area contributed by atoms with Crippen LogP contribution in [0.3, 0.4) is 0 Å². The Morgan fingerprint density at radius 3 is 2.27 bits per heavy atom. The molecule has 0 saturated heterocycles. The van der Waals surface area contributed by atoms with Gasteiger partial charge in [0.05, 0.1) is 14.2 Å². The number of benzene rings is 2. The van der Waals surface area contributed by atoms with E-state index in [1.165, 1.54) is 11.9 Å². The Labute approximate surface area is 187 Å². The standard InChI is InChI=1S/C22H26Cl2N2O4/c1-14(22(28)25-2)26(13-16-17(23)6-5-7-18(16)24)21(27)11-9-15-8-10-19(29-3)20(12-15)30-4/h5-8,10,12,14H,9,11,13H2,1-4H3,(H,25,28). The minimum absolute atomic E-state index is 0.137. The second kappa shape index (κ2) is 11.1. The lowest BCUT2D eigenvalue weighted by atomic mass is 10.1. The van der Waals surface area contributed by atoms with E-state index in [1.54, 1.807) is 45.4 Å². The molecule has 0 spiro atoms. The molecular formula is C22H26Cl2N2O4. The molecule has 1 N–H and O–H groups in total. The van der Waals surface area contributed by atoms with Gasteiger partial charge in [0.15, 0.2) is 11.5 Å². The van der Waals surface area contributed by atoms with Crippen molar-refractivity contribution in [3.05, 3.63) is 57.6 Å². The minimum atomic E-state index is -0.680. The Hall–Kier alpha value is -2.44. The molecule has 0 aliphatic heterocycles. The summed E-state index contributed by atoms with van der Waals surface area (Å²) in [5.41, 5.74) is 1.53. The van der Waals surface area contributed by atoms with Crippen molar-refractivity contribution in [3.8, 4) is 11.5 Å². The van der Waals surface area contributed by atoms with E-state index in [0.29, 0.717) is 33.5 Å². The fraction of sp³-hybridized carbons (Fsp3) is 0.364. The van der Waals surface area contributed by atoms with Crippen LogP contribution in [0.1, 0.15) is 24.5 Å². The van der Waals surface area contributed by atoms with Crippen molar-refractivity contribution in [2.75, 3.05) is 21.3 Å². The smallest absolute Gasteiger partial charge is 0.242 e. The fourth-order valence-corrected chi connectivity index (χ4v) is 3.59. The number of nitrogens with one attached hydrogen (secondary N) is 1. The third-order valence-electron chi connectivity index (χ3n) is 4.88. The van der Waals surface area contributed by atoms with Gasteiger partial charge in [-0.05, 0) is 43.2 Å². The first-order valence-electron chi connectivity index (χ1n) is 9.47. The number of carbonyl (C=O) groups excluding carboxylic acids is 2. The number of aryl methyl sites for hydroxylation is 1. The molecule has 1 atom stereocenters. The highest BCUT2D eigenvalue weighted by Crippen LogP contribution is 2.29. The maximum Gasteiger partial charge on any atom is 0.242 e. The molecule has 0 bridgehead atoms. The number of halogens is 2. The van der Waals surface area contributed by atoms with Crippen molar-refractivity contribution in [2.45, 2.75) is 32.4 Å². The van der Waals surface area contributed by atoms with Crippen molar-refractivity contribution in [3.63, 3.8) is 0 Å². The molecule has 1 unspecified atom stereocenters. The lowest BCUT2D eigenvalue weighted by molar-refractivity contribution is -0.140. The summed E-state index contributed by atoms with van der Waals surface area (Å²) in [6, 6.07) is 9.99. The van der Waals surface area contributed by atoms with Crippen LogP contribution in [0, 0.1) is 0 Å². The molecule has 8 heteroatoms. The van der Waals surface area contributed by atoms with Crippen molar-refractivity contribution < 1.29 is 19.1 Å². The number of rotatable bonds is 9. The van der Waals surface area contributed by atoms with Gasteiger partial charge in [-0.3, -0.25) is 9.59 Å². The van der Waals surface area contributed by atoms with Crippen molar-refractivity contribution >= 4 is 35.0 Å². The summed E-state index contributed by atoms with van der Waals surface area (Å²) in [6.45, 7) is 1.82. The summed E-state index contributed by atoms with van der Waals surface area (Å²) in [6.07, 6.45) is 0.686. The fourth-order valence-electron chi connectivity index (χ4n) is 3.08. The number of hydrogen-bond acceptors (Lipinski definition) is 4. The number of methoxy groups -OCH3 is 2. The molecule has 162 valence electrons. The molecule has 2 aromatic carbocycles. The average Bonchev–Trinajstić information content (AvgIpc) is 2.76. The number of nitrogens with zero attached hydrogens (tertiary/aromatic N) is 1. The van der Waals surface area contributed by atoms with Gasteiger partial charge in [0.25, 0.3) is 0 Å². The monoisotopic (exact) mass is 452 g/mol. The van der Waals surface area contributed by atoms with E-state index in [4.69, 9.17) is 32.7 Å². The SMILES string of the molecule is CNC(=O)C(C)N(Cc1c(Cl)cccc1Cl)C(=O)CCc1ccc(OC)c(OC)c1. The summed E-state index contributed by atoms with van der Waals surface area (Å²) < 4.78 is 10.6. The highest BCUT2D eigenvalue weighted by Gasteiger charge is 2.26. The first-order valence-corrected chi connectivity index (χ1v) is 10.2. The zero-order valence-corrected chi connectivity index (χ0v) is 19.0. The van der Waals surface area contributed by atoms with E-state index in [-0.39, 0.29) is 24.8 Å². The molecule has 0 aliphatic rings. The topological polar surface area (TPSA) is 67.9 Å². The largest absolute Gasteiger partial charge is 0.493 e. The van der Waals surface area contributed by atoms with Crippen molar-refractivity contribution in [1.82, 2.24) is 10.2 Å². The van der Waals surface area contributed by atoms with E-state index >= 15 is 0 Å². The van der Waals surface area contributed by atoms with Gasteiger partial charge in [-0.1, -0.05) is 35.3 Å². The second-order valence-electron chi connectivity index (χ2n) is 6.70. The van der Waals surface area contributed by atoms with Crippen LogP contribution >= 0.6 is 23.2 Å². The number of ether oxygens (including phenoxy) is 2. The number of likely N-dealkylation sites (N-methyl/N-ethyl adjacent to an activating group) is 1. The summed E-state index contributed by atoms with van der Waals surface area (Å²) in [5, 5.41) is 3.48. The lowest BCUT2D eigenvalue weighted by Crippen LogP contribution is -2.46. The third kappa shape index (κ3) is 5.80. The van der Waals surface area contributed by atoms with E-state index in [1.807, 2.05) is 12.1 Å². The molecule has 0 aromatic heterocycles. The van der Waals surface area contributed by atoms with Gasteiger partial charge < -0.3 is 19.7 Å². The van der Waals surface area contributed by atoms with Crippen molar-refractivity contribution in [2.24, 2.45) is 0 Å². The van der Waals surface area contributed by atoms with Crippen LogP contribution in [0.2, 0.25) is 10.0 Å². The Bertz CT molecular complexity index is 884. The van der Waals surface area contributed by atoms with Gasteiger partial charge in [-0.25, -0.2) is 0 Å². The Morgan fingerprint density at radius 1 is 1.07 bits per heavy atom. The van der Waals surface area contributed by atoms with Crippen LogP contribution in [0.25, 0.3) is 0 Å². The van der Waals surface area contributed by atoms with Crippen LogP contribution in [0.5, 0.6) is 11.5 Å². The van der Waals surface area contributed by atoms with Crippen LogP contribution in [-0.4, -0.2) is 44.0 Å². The molecule has 2 amide bonds. The quantitative estimate of drug-likeness (QED) is 0.621. The van der Waals surface area contributed by atoms with Crippen LogP contribution < -0.4 is 14.8 Å². The van der Waals surface area contributed by atoms with Gasteiger partial charge in [0.2, 0.25) is 11.8 Å². The van der Waals surface area contributed by atoms with E-state index in [9.17, 15) is 9.59 Å². The molecular weight excluding hydrogens is 427 g/mol. The summed E-state index contributed by atoms with van der Waals surface area (Å²) in [5.74, 6) is 0.770. The van der Waals surface area contributed by atoms with E-state index in [2.05, 4.69) is 5.32 Å². The molecule has 30 heavy (non-hydrogen) atoms. The van der Waals surface area contributed by atoms with Gasteiger partial charge >= 0.3 is 0 Å². The third-order valence-corrected chi connectivity index (χ3v) is 5.59. The predicted octanol–water partition coefficient (Wildman–Crippen LogP) is 4.11. The van der Waals surface area contributed by atoms with Gasteiger partial charge in [0, 0.05) is 35.6 Å². The van der Waals surface area contributed by atoms with Crippen LogP contribution in [0.4, 0.5) is 0 Å². The lowest BCUT2D eigenvalue weighted by Gasteiger charge is -2.29. The van der Waals surface area contributed by atoms with E-state index < -0.39 is 6.04 Å². The minimum Gasteiger partial charge on any atom is -0.493 e. The average molecular weight is 453 g/mol. The molecule has 2 aromatic rings. The summed E-state index contributed by atoms with van der Waals surface area (Å²) >= 11 is 12.6. The second-order valence-corrected chi connectivity index (χ2v) is 7.52. The first-order chi connectivity index (χ1) is 14.3. The first kappa shape index (κ1) is 23.8. The maximum absolute atomic E-state index is 13.1. The van der Waals surface area contributed by atoms with Crippen molar-refractivity contribution in [1.29, 1.82) is 0 Å². The zero-order chi connectivity index (χ0) is 22.3. The number of hydrogen-bond donors (Lipinski definition) is 1. The summed E-state index contributed by atoms with van der Waals surface area (Å²) in [7, 11) is 4.67. The Kier molecular flexibility index (Phi) is 8.81. The molecule has 2 rings (SSSR count). The molecule has 6 nitrogen and oxygen atoms in total. The van der Waals surface area contributed by atoms with Gasteiger partial charge in [0.1, 0.15) is 6.04 Å². The zero-order valence-electron chi connectivity index (χ0n) is 17.5. The highest BCUT2D eigenvalue weighted by molar-refractivity contribution is 6.36. The van der Waals surface area contributed by atoms with Gasteiger partial charge in [-0.2, -0.15) is 0 Å².